The van der Waals surface area contributed by atoms with Crippen LogP contribution in [0.1, 0.15) is 17.5 Å². The third-order valence-corrected chi connectivity index (χ3v) is 6.60. The highest BCUT2D eigenvalue weighted by atomic mass is 32.2. The summed E-state index contributed by atoms with van der Waals surface area (Å²) in [6.45, 7) is 1.80. The number of hydrogen-bond donors (Lipinski definition) is 2. The van der Waals surface area contributed by atoms with Gasteiger partial charge >= 0.3 is 12.1 Å². The Hall–Kier alpha value is -4.24. The number of anilines is 1. The third-order valence-electron chi connectivity index (χ3n) is 5.49. The summed E-state index contributed by atoms with van der Waals surface area (Å²) in [5.41, 5.74) is 8.29. The highest BCUT2D eigenvalue weighted by molar-refractivity contribution is 7.90. The van der Waals surface area contributed by atoms with Crippen molar-refractivity contribution >= 4 is 27.3 Å². The van der Waals surface area contributed by atoms with Gasteiger partial charge in [0.15, 0.2) is 21.3 Å². The lowest BCUT2D eigenvalue weighted by atomic mass is 10.1. The van der Waals surface area contributed by atoms with Crippen LogP contribution in [0, 0.1) is 6.92 Å². The number of carbonyl (C=O) groups is 1. The number of carbonyl (C=O) groups excluding carboxylic acids is 1. The Labute approximate surface area is 213 Å². The van der Waals surface area contributed by atoms with Gasteiger partial charge in [-0.3, -0.25) is 4.40 Å². The number of fused-ring (bicyclic) bond motifs is 1. The van der Waals surface area contributed by atoms with Crippen LogP contribution >= 0.6 is 0 Å². The molecule has 0 radical (unpaired) electrons. The second-order valence-electron chi connectivity index (χ2n) is 8.15. The van der Waals surface area contributed by atoms with Crippen LogP contribution in [0.2, 0.25) is 0 Å². The van der Waals surface area contributed by atoms with E-state index < -0.39 is 34.0 Å². The van der Waals surface area contributed by atoms with Gasteiger partial charge in [0.25, 0.3) is 0 Å². The van der Waals surface area contributed by atoms with Crippen molar-refractivity contribution in [2.24, 2.45) is 0 Å². The molecule has 3 N–H and O–H groups in total. The molecule has 0 aliphatic heterocycles. The standard InChI is InChI=1S/C23H20F3N5O6S/c1-11-4-5-12(38(3,34)35)8-14(11)17-9-28-19-18(27)29-16(10-31(17)19)13-6-7-15(30-20(13)36-2)21(32)37-22(33)23(24,25)26/h4-10,21,32H,1-3H3,(H2,27,29). The maximum Gasteiger partial charge on any atom is 0.491 e. The van der Waals surface area contributed by atoms with Gasteiger partial charge in [-0.25, -0.2) is 28.2 Å². The minimum absolute atomic E-state index is 0.0101. The number of rotatable bonds is 6. The number of sulfone groups is 1. The molecule has 200 valence electrons. The van der Waals surface area contributed by atoms with E-state index in [4.69, 9.17) is 10.5 Å². The second kappa shape index (κ2) is 9.57. The number of halogens is 3. The molecule has 3 aromatic heterocycles. The molecule has 0 spiro atoms. The Morgan fingerprint density at radius 2 is 1.87 bits per heavy atom. The minimum Gasteiger partial charge on any atom is -0.480 e. The Kier molecular flexibility index (Phi) is 6.75. The molecule has 0 amide bonds. The first kappa shape index (κ1) is 26.8. The van der Waals surface area contributed by atoms with E-state index in [-0.39, 0.29) is 33.5 Å². The Morgan fingerprint density at radius 1 is 1.16 bits per heavy atom. The van der Waals surface area contributed by atoms with Crippen molar-refractivity contribution in [1.82, 2.24) is 19.4 Å². The lowest BCUT2D eigenvalue weighted by Gasteiger charge is -2.15. The smallest absolute Gasteiger partial charge is 0.480 e. The predicted molar refractivity (Wildman–Crippen MR) is 128 cm³/mol. The van der Waals surface area contributed by atoms with Crippen molar-refractivity contribution in [1.29, 1.82) is 0 Å². The largest absolute Gasteiger partial charge is 0.491 e. The summed E-state index contributed by atoms with van der Waals surface area (Å²) in [5.74, 6) is -2.73. The van der Waals surface area contributed by atoms with Gasteiger partial charge in [0.2, 0.25) is 12.2 Å². The van der Waals surface area contributed by atoms with Crippen molar-refractivity contribution in [2.45, 2.75) is 24.3 Å². The maximum atomic E-state index is 12.5. The van der Waals surface area contributed by atoms with Gasteiger partial charge in [-0.15, -0.1) is 0 Å². The number of nitrogens with two attached hydrogens (primary N) is 1. The molecule has 15 heteroatoms. The van der Waals surface area contributed by atoms with Crippen LogP contribution in [-0.2, 0) is 19.4 Å². The normalized spacial score (nSPS) is 12.9. The number of aliphatic hydroxyl groups excluding tert-OH is 1. The molecule has 4 aromatic rings. The number of esters is 1. The van der Waals surface area contributed by atoms with Gasteiger partial charge in [-0.05, 0) is 36.8 Å². The van der Waals surface area contributed by atoms with Crippen molar-refractivity contribution in [3.63, 3.8) is 0 Å². The number of hydrogen-bond acceptors (Lipinski definition) is 10. The molecular formula is C23H20F3N5O6S. The highest BCUT2D eigenvalue weighted by Crippen LogP contribution is 2.33. The maximum absolute atomic E-state index is 12.5. The number of benzene rings is 1. The van der Waals surface area contributed by atoms with Gasteiger partial charge in [0.05, 0.1) is 35.2 Å². The van der Waals surface area contributed by atoms with E-state index in [9.17, 15) is 31.5 Å². The predicted octanol–water partition coefficient (Wildman–Crippen LogP) is 2.86. The fourth-order valence-electron chi connectivity index (χ4n) is 3.62. The molecule has 0 aliphatic carbocycles. The average molecular weight is 552 g/mol. The van der Waals surface area contributed by atoms with E-state index in [0.717, 1.165) is 17.9 Å². The molecule has 0 bridgehead atoms. The molecule has 0 fully saturated rings. The zero-order chi connectivity index (χ0) is 28.0. The molecule has 3 heterocycles. The number of aromatic nitrogens is 4. The molecule has 38 heavy (non-hydrogen) atoms. The molecule has 0 aliphatic rings. The first-order valence-electron chi connectivity index (χ1n) is 10.7. The average Bonchev–Trinajstić information content (AvgIpc) is 3.27. The molecular weight excluding hydrogens is 531 g/mol. The Balaban J connectivity index is 1.80. The first-order chi connectivity index (χ1) is 17.7. The zero-order valence-corrected chi connectivity index (χ0v) is 20.8. The van der Waals surface area contributed by atoms with Crippen molar-refractivity contribution in [3.8, 4) is 28.4 Å². The first-order valence-corrected chi connectivity index (χ1v) is 12.6. The molecule has 1 unspecified atom stereocenters. The van der Waals surface area contributed by atoms with Gasteiger partial charge in [0.1, 0.15) is 5.69 Å². The van der Waals surface area contributed by atoms with Gasteiger partial charge in [-0.1, -0.05) is 6.07 Å². The number of nitrogens with zero attached hydrogens (tertiary/aromatic N) is 4. The monoisotopic (exact) mass is 551 g/mol. The number of pyridine rings is 1. The quantitative estimate of drug-likeness (QED) is 0.269. The minimum atomic E-state index is -5.30. The SMILES string of the molecule is COc1nc(C(O)OC(=O)C(F)(F)F)ccc1-c1cn2c(-c3cc(S(C)(=O)=O)ccc3C)cnc2c(N)n1. The summed E-state index contributed by atoms with van der Waals surface area (Å²) in [6.07, 6.45) is -3.46. The summed E-state index contributed by atoms with van der Waals surface area (Å²) in [4.78, 5) is 23.7. The second-order valence-corrected chi connectivity index (χ2v) is 10.2. The van der Waals surface area contributed by atoms with Crippen LogP contribution in [0.15, 0.2) is 47.6 Å². The highest BCUT2D eigenvalue weighted by Gasteiger charge is 2.42. The Morgan fingerprint density at radius 3 is 2.50 bits per heavy atom. The number of ether oxygens (including phenoxy) is 2. The van der Waals surface area contributed by atoms with Crippen molar-refractivity contribution < 1.29 is 41.0 Å². The molecule has 0 saturated carbocycles. The summed E-state index contributed by atoms with van der Waals surface area (Å²) in [6, 6.07) is 7.15. The molecule has 1 atom stereocenters. The van der Waals surface area contributed by atoms with Crippen LogP contribution in [0.3, 0.4) is 0 Å². The fraction of sp³-hybridized carbons (Fsp3) is 0.217. The third kappa shape index (κ3) is 5.10. The van der Waals surface area contributed by atoms with Gasteiger partial charge in [-0.2, -0.15) is 13.2 Å². The number of imidazole rings is 1. The summed E-state index contributed by atoms with van der Waals surface area (Å²) < 4.78 is 72.4. The Bertz CT molecular complexity index is 1670. The summed E-state index contributed by atoms with van der Waals surface area (Å²) >= 11 is 0. The zero-order valence-electron chi connectivity index (χ0n) is 20.0. The van der Waals surface area contributed by atoms with E-state index in [0.29, 0.717) is 11.3 Å². The number of alkyl halides is 3. The van der Waals surface area contributed by atoms with Crippen LogP contribution in [0.4, 0.5) is 19.0 Å². The van der Waals surface area contributed by atoms with Crippen molar-refractivity contribution in [3.05, 3.63) is 54.0 Å². The van der Waals surface area contributed by atoms with Gasteiger partial charge < -0.3 is 20.3 Å². The molecule has 1 aromatic carbocycles. The topological polar surface area (TPSA) is 159 Å². The number of methoxy groups -OCH3 is 1. The lowest BCUT2D eigenvalue weighted by molar-refractivity contribution is -0.221. The molecule has 0 saturated heterocycles. The van der Waals surface area contributed by atoms with E-state index in [2.05, 4.69) is 19.7 Å². The van der Waals surface area contributed by atoms with Crippen LogP contribution in [0.25, 0.3) is 28.2 Å². The molecule has 4 rings (SSSR count). The summed E-state index contributed by atoms with van der Waals surface area (Å²) in [5, 5.41) is 9.91. The van der Waals surface area contributed by atoms with Crippen molar-refractivity contribution in [2.75, 3.05) is 19.1 Å². The van der Waals surface area contributed by atoms with E-state index >= 15 is 0 Å². The number of aliphatic hydroxyl groups is 1. The number of aryl methyl sites for hydroxylation is 1. The van der Waals surface area contributed by atoms with Crippen LogP contribution < -0.4 is 10.5 Å². The fourth-order valence-corrected chi connectivity index (χ4v) is 4.27. The van der Waals surface area contributed by atoms with E-state index in [1.807, 2.05) is 0 Å². The van der Waals surface area contributed by atoms with E-state index in [1.165, 1.54) is 31.5 Å². The van der Waals surface area contributed by atoms with Gasteiger partial charge in [0, 0.05) is 18.0 Å². The van der Waals surface area contributed by atoms with Crippen LogP contribution in [-0.4, -0.2) is 58.4 Å². The summed E-state index contributed by atoms with van der Waals surface area (Å²) in [7, 11) is -2.26. The van der Waals surface area contributed by atoms with Crippen LogP contribution in [0.5, 0.6) is 5.88 Å². The lowest BCUT2D eigenvalue weighted by Crippen LogP contribution is -2.27. The molecule has 11 nitrogen and oxygen atoms in total. The van der Waals surface area contributed by atoms with E-state index in [1.54, 1.807) is 23.6 Å². The number of nitrogen functional groups attached to an aromatic ring is 1.